The number of nitrogens with zero attached hydrogens (tertiary/aromatic N) is 4. The Balaban J connectivity index is 1.87. The second-order valence-corrected chi connectivity index (χ2v) is 4.88. The summed E-state index contributed by atoms with van der Waals surface area (Å²) >= 11 is 0. The molecular formula is C13H18N4O. The normalized spacial score (nSPS) is 20.5. The lowest BCUT2D eigenvalue weighted by molar-refractivity contribution is 0.244. The molecule has 3 rings (SSSR count). The molecule has 2 aromatic heterocycles. The van der Waals surface area contributed by atoms with Crippen molar-refractivity contribution in [1.82, 2.24) is 14.6 Å². The summed E-state index contributed by atoms with van der Waals surface area (Å²) in [6.45, 7) is 2.31. The monoisotopic (exact) mass is 246 g/mol. The van der Waals surface area contributed by atoms with E-state index in [4.69, 9.17) is 5.11 Å². The van der Waals surface area contributed by atoms with Crippen molar-refractivity contribution in [1.29, 1.82) is 0 Å². The van der Waals surface area contributed by atoms with Crippen LogP contribution in [0, 0.1) is 5.92 Å². The van der Waals surface area contributed by atoms with E-state index >= 15 is 0 Å². The van der Waals surface area contributed by atoms with Crippen molar-refractivity contribution >= 4 is 11.3 Å². The first kappa shape index (κ1) is 11.5. The summed E-state index contributed by atoms with van der Waals surface area (Å²) < 4.78 is 1.86. The third-order valence-corrected chi connectivity index (χ3v) is 3.66. The third-order valence-electron chi connectivity index (χ3n) is 3.66. The maximum absolute atomic E-state index is 9.07. The zero-order valence-electron chi connectivity index (χ0n) is 10.4. The van der Waals surface area contributed by atoms with Gasteiger partial charge in [0.2, 0.25) is 0 Å². The van der Waals surface area contributed by atoms with Crippen molar-refractivity contribution in [2.75, 3.05) is 24.6 Å². The fraction of sp³-hybridized carbons (Fsp3) is 0.538. The number of anilines is 1. The molecule has 0 aromatic carbocycles. The Bertz CT molecular complexity index is 522. The summed E-state index contributed by atoms with van der Waals surface area (Å²) in [6.07, 6.45) is 8.73. The lowest BCUT2D eigenvalue weighted by Gasteiger charge is -2.33. The van der Waals surface area contributed by atoms with Gasteiger partial charge in [0.1, 0.15) is 5.52 Å². The predicted molar refractivity (Wildman–Crippen MR) is 69.6 cm³/mol. The molecule has 1 aliphatic heterocycles. The number of piperidine rings is 1. The molecule has 18 heavy (non-hydrogen) atoms. The molecule has 1 fully saturated rings. The second kappa shape index (κ2) is 4.94. The van der Waals surface area contributed by atoms with Gasteiger partial charge in [0.05, 0.1) is 6.20 Å². The van der Waals surface area contributed by atoms with Gasteiger partial charge in [-0.1, -0.05) is 0 Å². The zero-order valence-corrected chi connectivity index (χ0v) is 10.4. The fourth-order valence-electron chi connectivity index (χ4n) is 2.76. The highest BCUT2D eigenvalue weighted by Gasteiger charge is 2.22. The molecule has 2 aromatic rings. The molecule has 3 heterocycles. The van der Waals surface area contributed by atoms with Crippen LogP contribution in [-0.2, 0) is 0 Å². The van der Waals surface area contributed by atoms with Crippen LogP contribution in [0.25, 0.3) is 5.52 Å². The van der Waals surface area contributed by atoms with Gasteiger partial charge in [-0.3, -0.25) is 0 Å². The summed E-state index contributed by atoms with van der Waals surface area (Å²) in [7, 11) is 0. The Morgan fingerprint density at radius 3 is 3.22 bits per heavy atom. The number of aliphatic hydroxyl groups is 1. The van der Waals surface area contributed by atoms with E-state index in [0.29, 0.717) is 5.92 Å². The molecule has 1 unspecified atom stereocenters. The number of hydrogen-bond acceptors (Lipinski definition) is 4. The van der Waals surface area contributed by atoms with Gasteiger partial charge in [-0.05, 0) is 31.2 Å². The van der Waals surface area contributed by atoms with E-state index in [2.05, 4.69) is 15.0 Å². The van der Waals surface area contributed by atoms with E-state index in [-0.39, 0.29) is 6.61 Å². The standard InChI is InChI=1S/C13H18N4O/c18-9-4-11-2-1-7-16(10-11)13-12-3-5-15-17(12)8-6-14-13/h3,5-6,8,11,18H,1-2,4,7,9-10H2. The minimum Gasteiger partial charge on any atom is -0.396 e. The SMILES string of the molecule is OCCC1CCCN(c2nccn3nccc23)C1. The van der Waals surface area contributed by atoms with Gasteiger partial charge in [-0.2, -0.15) is 5.10 Å². The summed E-state index contributed by atoms with van der Waals surface area (Å²) in [5.74, 6) is 1.59. The second-order valence-electron chi connectivity index (χ2n) is 4.88. The Kier molecular flexibility index (Phi) is 3.15. The van der Waals surface area contributed by atoms with Crippen molar-refractivity contribution in [2.24, 2.45) is 5.92 Å². The van der Waals surface area contributed by atoms with Crippen molar-refractivity contribution in [3.63, 3.8) is 0 Å². The van der Waals surface area contributed by atoms with E-state index in [1.807, 2.05) is 16.8 Å². The van der Waals surface area contributed by atoms with Crippen molar-refractivity contribution in [3.8, 4) is 0 Å². The molecule has 0 spiro atoms. The summed E-state index contributed by atoms with van der Waals surface area (Å²) in [5, 5.41) is 13.3. The largest absolute Gasteiger partial charge is 0.396 e. The molecule has 1 atom stereocenters. The van der Waals surface area contributed by atoms with E-state index in [1.165, 1.54) is 12.8 Å². The first-order chi connectivity index (χ1) is 8.88. The van der Waals surface area contributed by atoms with E-state index in [1.54, 1.807) is 12.4 Å². The Hall–Kier alpha value is -1.62. The first-order valence-corrected chi connectivity index (χ1v) is 6.52. The molecule has 0 bridgehead atoms. The van der Waals surface area contributed by atoms with Crippen LogP contribution in [0.15, 0.2) is 24.7 Å². The maximum atomic E-state index is 9.07. The molecule has 1 aliphatic rings. The van der Waals surface area contributed by atoms with Crippen LogP contribution in [0.1, 0.15) is 19.3 Å². The maximum Gasteiger partial charge on any atom is 0.154 e. The Morgan fingerprint density at radius 2 is 2.33 bits per heavy atom. The summed E-state index contributed by atoms with van der Waals surface area (Å²) in [4.78, 5) is 6.82. The highest BCUT2D eigenvalue weighted by Crippen LogP contribution is 2.26. The van der Waals surface area contributed by atoms with Crippen LogP contribution >= 0.6 is 0 Å². The van der Waals surface area contributed by atoms with E-state index in [0.717, 1.165) is 30.8 Å². The molecule has 0 aliphatic carbocycles. The van der Waals surface area contributed by atoms with Gasteiger partial charge in [0.15, 0.2) is 5.82 Å². The van der Waals surface area contributed by atoms with Crippen molar-refractivity contribution < 1.29 is 5.11 Å². The number of hydrogen-bond donors (Lipinski definition) is 1. The van der Waals surface area contributed by atoms with Gasteiger partial charge in [0, 0.05) is 32.1 Å². The van der Waals surface area contributed by atoms with Crippen LogP contribution in [0.2, 0.25) is 0 Å². The minimum absolute atomic E-state index is 0.281. The molecule has 0 saturated carbocycles. The smallest absolute Gasteiger partial charge is 0.154 e. The Morgan fingerprint density at radius 1 is 1.39 bits per heavy atom. The highest BCUT2D eigenvalue weighted by molar-refractivity contribution is 5.68. The predicted octanol–water partition coefficient (Wildman–Crippen LogP) is 1.33. The van der Waals surface area contributed by atoms with E-state index < -0.39 is 0 Å². The van der Waals surface area contributed by atoms with Gasteiger partial charge in [0.25, 0.3) is 0 Å². The number of rotatable bonds is 3. The van der Waals surface area contributed by atoms with Crippen LogP contribution in [0.5, 0.6) is 0 Å². The minimum atomic E-state index is 0.281. The summed E-state index contributed by atoms with van der Waals surface area (Å²) in [6, 6.07) is 2.00. The molecule has 5 heteroatoms. The average Bonchev–Trinajstić information content (AvgIpc) is 2.87. The highest BCUT2D eigenvalue weighted by atomic mass is 16.3. The molecular weight excluding hydrogens is 228 g/mol. The molecule has 96 valence electrons. The summed E-state index contributed by atoms with van der Waals surface area (Å²) in [5.41, 5.74) is 1.06. The molecule has 0 amide bonds. The van der Waals surface area contributed by atoms with Gasteiger partial charge >= 0.3 is 0 Å². The van der Waals surface area contributed by atoms with E-state index in [9.17, 15) is 0 Å². The van der Waals surface area contributed by atoms with Gasteiger partial charge in [-0.25, -0.2) is 9.50 Å². The Labute approximate surface area is 106 Å². The molecule has 1 saturated heterocycles. The van der Waals surface area contributed by atoms with Gasteiger partial charge < -0.3 is 10.0 Å². The fourth-order valence-corrected chi connectivity index (χ4v) is 2.76. The quantitative estimate of drug-likeness (QED) is 0.887. The van der Waals surface area contributed by atoms with Gasteiger partial charge in [-0.15, -0.1) is 0 Å². The number of fused-ring (bicyclic) bond motifs is 1. The van der Waals surface area contributed by atoms with Crippen LogP contribution in [0.3, 0.4) is 0 Å². The zero-order chi connectivity index (χ0) is 12.4. The number of aromatic nitrogens is 3. The molecule has 0 radical (unpaired) electrons. The average molecular weight is 246 g/mol. The third kappa shape index (κ3) is 2.06. The molecule has 1 N–H and O–H groups in total. The lowest BCUT2D eigenvalue weighted by Crippen LogP contribution is -2.36. The van der Waals surface area contributed by atoms with Crippen LogP contribution < -0.4 is 4.90 Å². The van der Waals surface area contributed by atoms with Crippen molar-refractivity contribution in [3.05, 3.63) is 24.7 Å². The van der Waals surface area contributed by atoms with Crippen LogP contribution in [-0.4, -0.2) is 39.4 Å². The number of aliphatic hydroxyl groups excluding tert-OH is 1. The topological polar surface area (TPSA) is 53.7 Å². The van der Waals surface area contributed by atoms with Crippen LogP contribution in [0.4, 0.5) is 5.82 Å². The first-order valence-electron chi connectivity index (χ1n) is 6.52. The lowest BCUT2D eigenvalue weighted by atomic mass is 9.95. The van der Waals surface area contributed by atoms with Crippen molar-refractivity contribution in [2.45, 2.75) is 19.3 Å². The molecule has 5 nitrogen and oxygen atoms in total.